The SMILES string of the molecule is Cc1cc(OCC2CCN(C=NN)CC2)cc(OS(=O)(=O)c2cccc(C)c2)c1. The first kappa shape index (κ1) is 21.0. The summed E-state index contributed by atoms with van der Waals surface area (Å²) in [6.07, 6.45) is 3.64. The Balaban J connectivity index is 1.64. The van der Waals surface area contributed by atoms with Crippen LogP contribution in [-0.4, -0.2) is 39.4 Å². The molecule has 1 aliphatic heterocycles. The maximum Gasteiger partial charge on any atom is 0.339 e. The molecule has 1 aliphatic rings. The van der Waals surface area contributed by atoms with Crippen LogP contribution in [0.1, 0.15) is 24.0 Å². The largest absolute Gasteiger partial charge is 0.493 e. The Morgan fingerprint density at radius 3 is 2.52 bits per heavy atom. The average Bonchev–Trinajstić information content (AvgIpc) is 2.67. The van der Waals surface area contributed by atoms with Crippen LogP contribution in [0.5, 0.6) is 11.5 Å². The number of hydrogen-bond donors (Lipinski definition) is 1. The highest BCUT2D eigenvalue weighted by Gasteiger charge is 2.20. The van der Waals surface area contributed by atoms with Crippen molar-refractivity contribution in [3.05, 3.63) is 53.6 Å². The molecule has 0 unspecified atom stereocenters. The minimum absolute atomic E-state index is 0.134. The van der Waals surface area contributed by atoms with Crippen molar-refractivity contribution in [2.75, 3.05) is 19.7 Å². The molecule has 0 bridgehead atoms. The van der Waals surface area contributed by atoms with Gasteiger partial charge in [-0.05, 0) is 68.0 Å². The van der Waals surface area contributed by atoms with Gasteiger partial charge in [-0.1, -0.05) is 12.1 Å². The molecule has 0 aromatic heterocycles. The second-order valence-electron chi connectivity index (χ2n) is 7.39. The first-order chi connectivity index (χ1) is 13.9. The first-order valence-corrected chi connectivity index (χ1v) is 11.0. The van der Waals surface area contributed by atoms with E-state index in [1.807, 2.05) is 26.0 Å². The lowest BCUT2D eigenvalue weighted by molar-refractivity contribution is 0.183. The minimum atomic E-state index is -3.90. The molecule has 1 heterocycles. The zero-order valence-corrected chi connectivity index (χ0v) is 17.6. The molecule has 0 atom stereocenters. The van der Waals surface area contributed by atoms with Gasteiger partial charge in [0.25, 0.3) is 0 Å². The maximum absolute atomic E-state index is 12.6. The van der Waals surface area contributed by atoms with Crippen molar-refractivity contribution in [3.63, 3.8) is 0 Å². The lowest BCUT2D eigenvalue weighted by Gasteiger charge is -2.30. The molecule has 0 spiro atoms. The molecule has 1 saturated heterocycles. The second-order valence-corrected chi connectivity index (χ2v) is 8.94. The van der Waals surface area contributed by atoms with E-state index < -0.39 is 10.1 Å². The second kappa shape index (κ2) is 9.17. The molecule has 156 valence electrons. The molecule has 0 amide bonds. The van der Waals surface area contributed by atoms with E-state index >= 15 is 0 Å². The van der Waals surface area contributed by atoms with Gasteiger partial charge in [0.1, 0.15) is 22.7 Å². The molecular formula is C21H27N3O4S. The molecule has 2 N–H and O–H groups in total. The Bertz CT molecular complexity index is 968. The number of piperidine rings is 1. The number of nitrogens with zero attached hydrogens (tertiary/aromatic N) is 2. The number of likely N-dealkylation sites (tertiary alicyclic amines) is 1. The molecule has 0 saturated carbocycles. The summed E-state index contributed by atoms with van der Waals surface area (Å²) in [5.74, 6) is 6.47. The third-order valence-corrected chi connectivity index (χ3v) is 6.12. The van der Waals surface area contributed by atoms with Crippen molar-refractivity contribution in [1.29, 1.82) is 0 Å². The van der Waals surface area contributed by atoms with Crippen molar-refractivity contribution in [1.82, 2.24) is 4.90 Å². The van der Waals surface area contributed by atoms with Gasteiger partial charge in [-0.25, -0.2) is 0 Å². The van der Waals surface area contributed by atoms with Crippen molar-refractivity contribution in [3.8, 4) is 11.5 Å². The van der Waals surface area contributed by atoms with Crippen molar-refractivity contribution in [2.45, 2.75) is 31.6 Å². The summed E-state index contributed by atoms with van der Waals surface area (Å²) in [5, 5.41) is 3.56. The Labute approximate surface area is 172 Å². The van der Waals surface area contributed by atoms with Gasteiger partial charge in [0, 0.05) is 19.2 Å². The highest BCUT2D eigenvalue weighted by Crippen LogP contribution is 2.27. The lowest BCUT2D eigenvalue weighted by Crippen LogP contribution is -2.34. The predicted octanol–water partition coefficient (Wildman–Crippen LogP) is 3.06. The Hall–Kier alpha value is -2.74. The summed E-state index contributed by atoms with van der Waals surface area (Å²) in [4.78, 5) is 2.22. The number of ether oxygens (including phenoxy) is 1. The zero-order valence-electron chi connectivity index (χ0n) is 16.7. The molecule has 0 radical (unpaired) electrons. The van der Waals surface area contributed by atoms with E-state index in [0.717, 1.165) is 37.1 Å². The van der Waals surface area contributed by atoms with Crippen molar-refractivity contribution < 1.29 is 17.3 Å². The topological polar surface area (TPSA) is 94.2 Å². The summed E-state index contributed by atoms with van der Waals surface area (Å²) in [5.41, 5.74) is 1.72. The van der Waals surface area contributed by atoms with Crippen LogP contribution in [-0.2, 0) is 10.1 Å². The zero-order chi connectivity index (χ0) is 20.9. The quantitative estimate of drug-likeness (QED) is 0.245. The van der Waals surface area contributed by atoms with E-state index in [4.69, 9.17) is 14.8 Å². The summed E-state index contributed by atoms with van der Waals surface area (Å²) < 4.78 is 36.5. The van der Waals surface area contributed by atoms with Gasteiger partial charge >= 0.3 is 10.1 Å². The third kappa shape index (κ3) is 5.87. The van der Waals surface area contributed by atoms with E-state index in [2.05, 4.69) is 10.0 Å². The molecule has 29 heavy (non-hydrogen) atoms. The lowest BCUT2D eigenvalue weighted by atomic mass is 9.98. The van der Waals surface area contributed by atoms with Crippen LogP contribution in [0.15, 0.2) is 52.5 Å². The number of nitrogens with two attached hydrogens (primary N) is 1. The van der Waals surface area contributed by atoms with E-state index in [9.17, 15) is 8.42 Å². The highest BCUT2D eigenvalue weighted by atomic mass is 32.2. The summed E-state index contributed by atoms with van der Waals surface area (Å²) in [6.45, 7) is 6.08. The molecule has 3 rings (SSSR count). The van der Waals surface area contributed by atoms with E-state index in [1.54, 1.807) is 30.6 Å². The van der Waals surface area contributed by atoms with E-state index in [0.29, 0.717) is 18.3 Å². The standard InChI is InChI=1S/C21H27N3O4S/c1-16-4-3-5-21(12-16)29(25,26)28-20-11-17(2)10-19(13-20)27-14-18-6-8-24(9-7-18)15-23-22/h3-5,10-13,15,18H,6-9,14,22H2,1-2H3. The van der Waals surface area contributed by atoms with Crippen LogP contribution >= 0.6 is 0 Å². The van der Waals surface area contributed by atoms with Gasteiger partial charge in [0.05, 0.1) is 6.61 Å². The predicted molar refractivity (Wildman–Crippen MR) is 113 cm³/mol. The maximum atomic E-state index is 12.6. The number of rotatable bonds is 7. The Morgan fingerprint density at radius 2 is 1.83 bits per heavy atom. The van der Waals surface area contributed by atoms with Crippen LogP contribution in [0, 0.1) is 19.8 Å². The fraction of sp³-hybridized carbons (Fsp3) is 0.381. The number of hydrogen-bond acceptors (Lipinski definition) is 6. The Morgan fingerprint density at radius 1 is 1.10 bits per heavy atom. The summed E-state index contributed by atoms with van der Waals surface area (Å²) in [6, 6.07) is 11.8. The average molecular weight is 418 g/mol. The smallest absolute Gasteiger partial charge is 0.339 e. The van der Waals surface area contributed by atoms with Crippen LogP contribution < -0.4 is 14.8 Å². The van der Waals surface area contributed by atoms with Gasteiger partial charge in [0.2, 0.25) is 0 Å². The Kier molecular flexibility index (Phi) is 6.64. The third-order valence-electron chi connectivity index (χ3n) is 4.87. The molecule has 7 nitrogen and oxygen atoms in total. The van der Waals surface area contributed by atoms with Gasteiger partial charge in [-0.2, -0.15) is 13.5 Å². The van der Waals surface area contributed by atoms with Crippen LogP contribution in [0.2, 0.25) is 0 Å². The highest BCUT2D eigenvalue weighted by molar-refractivity contribution is 7.87. The fourth-order valence-corrected chi connectivity index (χ4v) is 4.36. The first-order valence-electron chi connectivity index (χ1n) is 9.59. The van der Waals surface area contributed by atoms with Crippen molar-refractivity contribution >= 4 is 16.5 Å². The molecule has 1 fully saturated rings. The van der Waals surface area contributed by atoms with E-state index in [1.165, 1.54) is 6.07 Å². The van der Waals surface area contributed by atoms with Gasteiger partial charge < -0.3 is 19.7 Å². The van der Waals surface area contributed by atoms with Gasteiger partial charge in [-0.15, -0.1) is 0 Å². The molecule has 2 aromatic rings. The molecule has 0 aliphatic carbocycles. The number of hydrazone groups is 1. The van der Waals surface area contributed by atoms with Crippen LogP contribution in [0.4, 0.5) is 0 Å². The van der Waals surface area contributed by atoms with Crippen LogP contribution in [0.3, 0.4) is 0 Å². The normalized spacial score (nSPS) is 15.6. The minimum Gasteiger partial charge on any atom is -0.493 e. The monoisotopic (exact) mass is 417 g/mol. The van der Waals surface area contributed by atoms with Crippen LogP contribution in [0.25, 0.3) is 0 Å². The number of aryl methyl sites for hydroxylation is 2. The fourth-order valence-electron chi connectivity index (χ4n) is 3.33. The summed E-state index contributed by atoms with van der Waals surface area (Å²) in [7, 11) is -3.90. The number of benzene rings is 2. The van der Waals surface area contributed by atoms with Crippen molar-refractivity contribution in [2.24, 2.45) is 16.9 Å². The summed E-state index contributed by atoms with van der Waals surface area (Å²) >= 11 is 0. The van der Waals surface area contributed by atoms with Gasteiger partial charge in [0.15, 0.2) is 0 Å². The molecule has 2 aromatic carbocycles. The van der Waals surface area contributed by atoms with Gasteiger partial charge in [-0.3, -0.25) is 0 Å². The molecule has 8 heteroatoms. The molecular weight excluding hydrogens is 390 g/mol. The van der Waals surface area contributed by atoms with E-state index in [-0.39, 0.29) is 10.6 Å².